The maximum absolute atomic E-state index is 12.8. The molecule has 2 fully saturated rings. The zero-order chi connectivity index (χ0) is 25.0. The van der Waals surface area contributed by atoms with Crippen molar-refractivity contribution in [3.05, 3.63) is 0 Å². The summed E-state index contributed by atoms with van der Waals surface area (Å²) in [5.41, 5.74) is -2.33. The van der Waals surface area contributed by atoms with Gasteiger partial charge in [-0.15, -0.1) is 0 Å². The number of carbonyl (C=O) groups excluding carboxylic acids is 5. The molecule has 12 nitrogen and oxygen atoms in total. The third-order valence-corrected chi connectivity index (χ3v) is 5.42. The van der Waals surface area contributed by atoms with Crippen LogP contribution in [0.15, 0.2) is 0 Å². The molecule has 0 aromatic carbocycles. The van der Waals surface area contributed by atoms with Gasteiger partial charge in [-0.05, 0) is 34.6 Å². The largest absolute Gasteiger partial charge is 0.466 e. The van der Waals surface area contributed by atoms with E-state index in [4.69, 9.17) is 14.2 Å². The van der Waals surface area contributed by atoms with Crippen LogP contribution in [0.2, 0.25) is 0 Å². The van der Waals surface area contributed by atoms with Crippen LogP contribution in [0.25, 0.3) is 0 Å². The molecule has 0 bridgehead atoms. The molecule has 2 aliphatic carbocycles. The Kier molecular flexibility index (Phi) is 8.28. The Balaban J connectivity index is 1.97. The molecular formula is C21H33N3O9. The fourth-order valence-electron chi connectivity index (χ4n) is 4.26. The summed E-state index contributed by atoms with van der Waals surface area (Å²) < 4.78 is 15.2. The summed E-state index contributed by atoms with van der Waals surface area (Å²) in [5.74, 6) is -4.59. The molecular weight excluding hydrogens is 438 g/mol. The average molecular weight is 472 g/mol. The predicted octanol–water partition coefficient (Wildman–Crippen LogP) is -0.765. The van der Waals surface area contributed by atoms with E-state index in [0.717, 1.165) is 0 Å². The molecule has 0 heterocycles. The van der Waals surface area contributed by atoms with Crippen LogP contribution in [-0.2, 0) is 33.4 Å². The Labute approximate surface area is 192 Å². The number of rotatable bonds is 9. The molecule has 0 spiro atoms. The fourth-order valence-corrected chi connectivity index (χ4v) is 4.26. The highest BCUT2D eigenvalue weighted by Gasteiger charge is 2.76. The molecule has 3 amide bonds. The predicted molar refractivity (Wildman–Crippen MR) is 112 cm³/mol. The highest BCUT2D eigenvalue weighted by Crippen LogP contribution is 2.63. The van der Waals surface area contributed by atoms with Crippen LogP contribution in [0.3, 0.4) is 0 Å². The van der Waals surface area contributed by atoms with Crippen LogP contribution in [0.1, 0.15) is 41.0 Å². The van der Waals surface area contributed by atoms with E-state index >= 15 is 0 Å². The Morgan fingerprint density at radius 1 is 0.970 bits per heavy atom. The normalized spacial score (nSPS) is 27.6. The van der Waals surface area contributed by atoms with Crippen LogP contribution in [0, 0.1) is 17.8 Å². The molecule has 33 heavy (non-hydrogen) atoms. The lowest BCUT2D eigenvalue weighted by atomic mass is 9.89. The first kappa shape index (κ1) is 26.4. The van der Waals surface area contributed by atoms with E-state index in [9.17, 15) is 29.1 Å². The maximum Gasteiger partial charge on any atom is 0.408 e. The number of aliphatic hydroxyl groups is 1. The van der Waals surface area contributed by atoms with Crippen molar-refractivity contribution in [3.63, 3.8) is 0 Å². The zero-order valence-electron chi connectivity index (χ0n) is 19.6. The Hall–Kier alpha value is -2.89. The van der Waals surface area contributed by atoms with Crippen molar-refractivity contribution in [3.8, 4) is 0 Å². The van der Waals surface area contributed by atoms with E-state index in [-0.39, 0.29) is 19.6 Å². The van der Waals surface area contributed by atoms with Gasteiger partial charge in [0.15, 0.2) is 0 Å². The second-order valence-electron chi connectivity index (χ2n) is 9.02. The van der Waals surface area contributed by atoms with Crippen molar-refractivity contribution >= 4 is 29.8 Å². The molecule has 5 atom stereocenters. The summed E-state index contributed by atoms with van der Waals surface area (Å²) in [6.07, 6.45) is -1.90. The van der Waals surface area contributed by atoms with E-state index in [1.54, 1.807) is 34.6 Å². The van der Waals surface area contributed by atoms with E-state index in [0.29, 0.717) is 0 Å². The minimum absolute atomic E-state index is 0.0427. The maximum atomic E-state index is 12.8. The lowest BCUT2D eigenvalue weighted by Gasteiger charge is -2.31. The standard InChI is InChI=1S/C21H33N3O9/c1-6-31-17(28)15-14-11(25)8-21(16(14)15,18(29)32-7-2)24-13(27)10-22-12(26)9-23-19(30)33-20(3,4)5/h11,14-16,25H,6-10H2,1-5H3,(H,22,26)(H,23,30)(H,24,27)/t11-,14?,15-,16+,21-/m0/s1. The summed E-state index contributed by atoms with van der Waals surface area (Å²) in [7, 11) is 0. The molecule has 12 heteroatoms. The monoisotopic (exact) mass is 471 g/mol. The SMILES string of the molecule is CCOC(=O)[C@H]1C2[C@H]1[C@](NC(=O)CNC(=O)CNC(=O)OC(C)(C)C)(C(=O)OCC)C[C@@H]2O. The summed E-state index contributed by atoms with van der Waals surface area (Å²) in [4.78, 5) is 61.2. The van der Waals surface area contributed by atoms with Crippen LogP contribution in [0.5, 0.6) is 0 Å². The molecule has 0 aromatic heterocycles. The van der Waals surface area contributed by atoms with Crippen molar-refractivity contribution in [2.24, 2.45) is 17.8 Å². The molecule has 2 saturated carbocycles. The van der Waals surface area contributed by atoms with Gasteiger partial charge in [0.1, 0.15) is 17.7 Å². The topological polar surface area (TPSA) is 169 Å². The Morgan fingerprint density at radius 2 is 1.58 bits per heavy atom. The van der Waals surface area contributed by atoms with Gasteiger partial charge in [0, 0.05) is 18.3 Å². The van der Waals surface area contributed by atoms with Gasteiger partial charge in [-0.3, -0.25) is 14.4 Å². The second-order valence-corrected chi connectivity index (χ2v) is 9.02. The molecule has 0 radical (unpaired) electrons. The third kappa shape index (κ3) is 6.34. The number of nitrogens with one attached hydrogen (secondary N) is 3. The first-order valence-corrected chi connectivity index (χ1v) is 10.9. The number of aliphatic hydroxyl groups excluding tert-OH is 1. The van der Waals surface area contributed by atoms with Crippen molar-refractivity contribution in [1.82, 2.24) is 16.0 Å². The van der Waals surface area contributed by atoms with E-state index in [1.807, 2.05) is 0 Å². The number of fused-ring (bicyclic) bond motifs is 1. The second kappa shape index (κ2) is 10.4. The molecule has 4 N–H and O–H groups in total. The fraction of sp³-hybridized carbons (Fsp3) is 0.762. The number of carbonyl (C=O) groups is 5. The number of ether oxygens (including phenoxy) is 3. The molecule has 0 aromatic rings. The van der Waals surface area contributed by atoms with Gasteiger partial charge in [0.25, 0.3) is 0 Å². The number of hydrogen-bond acceptors (Lipinski definition) is 9. The molecule has 0 saturated heterocycles. The zero-order valence-corrected chi connectivity index (χ0v) is 19.6. The van der Waals surface area contributed by atoms with E-state index in [2.05, 4.69) is 16.0 Å². The van der Waals surface area contributed by atoms with Gasteiger partial charge in [0.2, 0.25) is 11.8 Å². The summed E-state index contributed by atoms with van der Waals surface area (Å²) in [6.45, 7) is 7.55. The van der Waals surface area contributed by atoms with Crippen molar-refractivity contribution in [2.75, 3.05) is 26.3 Å². The highest BCUT2D eigenvalue weighted by molar-refractivity contribution is 5.94. The summed E-state index contributed by atoms with van der Waals surface area (Å²) in [5, 5.41) is 17.6. The molecule has 2 aliphatic rings. The lowest BCUT2D eigenvalue weighted by molar-refractivity contribution is -0.156. The molecule has 1 unspecified atom stereocenters. The summed E-state index contributed by atoms with van der Waals surface area (Å²) in [6, 6.07) is 0. The average Bonchev–Trinajstić information content (AvgIpc) is 3.39. The lowest BCUT2D eigenvalue weighted by Crippen LogP contribution is -2.59. The smallest absolute Gasteiger partial charge is 0.408 e. The van der Waals surface area contributed by atoms with Gasteiger partial charge in [-0.25, -0.2) is 9.59 Å². The van der Waals surface area contributed by atoms with Crippen LogP contribution in [0.4, 0.5) is 4.79 Å². The van der Waals surface area contributed by atoms with Crippen molar-refractivity contribution in [1.29, 1.82) is 0 Å². The summed E-state index contributed by atoms with van der Waals surface area (Å²) >= 11 is 0. The Morgan fingerprint density at radius 3 is 2.15 bits per heavy atom. The molecule has 0 aliphatic heterocycles. The highest BCUT2D eigenvalue weighted by atomic mass is 16.6. The minimum atomic E-state index is -1.60. The first-order valence-electron chi connectivity index (χ1n) is 10.9. The quantitative estimate of drug-likeness (QED) is 0.249. The van der Waals surface area contributed by atoms with Gasteiger partial charge in [-0.1, -0.05) is 0 Å². The van der Waals surface area contributed by atoms with Gasteiger partial charge >= 0.3 is 18.0 Å². The van der Waals surface area contributed by atoms with Gasteiger partial charge < -0.3 is 35.3 Å². The number of alkyl carbamates (subject to hydrolysis) is 1. The third-order valence-electron chi connectivity index (χ3n) is 5.42. The molecule has 186 valence electrons. The van der Waals surface area contributed by atoms with Crippen LogP contribution in [-0.4, -0.2) is 78.5 Å². The van der Waals surface area contributed by atoms with Crippen molar-refractivity contribution in [2.45, 2.75) is 58.3 Å². The Bertz CT molecular complexity index is 794. The van der Waals surface area contributed by atoms with Crippen molar-refractivity contribution < 1.29 is 43.3 Å². The minimum Gasteiger partial charge on any atom is -0.466 e. The van der Waals surface area contributed by atoms with Crippen LogP contribution < -0.4 is 16.0 Å². The number of hydrogen-bond donors (Lipinski definition) is 4. The number of esters is 2. The number of amides is 3. The van der Waals surface area contributed by atoms with Gasteiger partial charge in [-0.2, -0.15) is 0 Å². The van der Waals surface area contributed by atoms with E-state index in [1.165, 1.54) is 0 Å². The van der Waals surface area contributed by atoms with Crippen LogP contribution >= 0.6 is 0 Å². The van der Waals surface area contributed by atoms with E-state index < -0.39 is 77.9 Å². The first-order chi connectivity index (χ1) is 15.4. The van der Waals surface area contributed by atoms with Gasteiger partial charge in [0.05, 0.1) is 31.8 Å². The molecule has 2 rings (SSSR count).